The monoisotopic (exact) mass is 426 g/mol. The zero-order chi connectivity index (χ0) is 22.1. The lowest BCUT2D eigenvalue weighted by molar-refractivity contribution is -0.137. The van der Waals surface area contributed by atoms with E-state index in [0.717, 1.165) is 18.6 Å². The minimum absolute atomic E-state index is 0.0406. The van der Waals surface area contributed by atoms with E-state index in [1.54, 1.807) is 4.90 Å². The molecule has 162 valence electrons. The molecule has 0 bridgehead atoms. The third-order valence-corrected chi connectivity index (χ3v) is 5.55. The molecule has 11 heteroatoms. The van der Waals surface area contributed by atoms with Crippen LogP contribution in [0, 0.1) is 11.8 Å². The Bertz CT molecular complexity index is 802. The molecule has 1 aromatic carbocycles. The van der Waals surface area contributed by atoms with Crippen LogP contribution in [0.15, 0.2) is 36.9 Å². The van der Waals surface area contributed by atoms with Crippen LogP contribution in [0.5, 0.6) is 0 Å². The van der Waals surface area contributed by atoms with Gasteiger partial charge < -0.3 is 25.0 Å². The van der Waals surface area contributed by atoms with Gasteiger partial charge >= 0.3 is 19.4 Å². The number of alkyl carbamates (subject to hydrolysis) is 1. The normalized spacial score (nSPS) is 23.4. The largest absolute Gasteiger partial charge is 0.475 e. The molecule has 1 heterocycles. The van der Waals surface area contributed by atoms with Gasteiger partial charge in [-0.2, -0.15) is 13.2 Å². The highest BCUT2D eigenvalue weighted by Crippen LogP contribution is 2.49. The van der Waals surface area contributed by atoms with Crippen LogP contribution in [-0.2, 0) is 22.1 Å². The average molecular weight is 426 g/mol. The summed E-state index contributed by atoms with van der Waals surface area (Å²) in [4.78, 5) is 25.6. The van der Waals surface area contributed by atoms with Gasteiger partial charge in [-0.3, -0.25) is 4.79 Å². The van der Waals surface area contributed by atoms with Crippen molar-refractivity contribution in [3.05, 3.63) is 48.0 Å². The van der Waals surface area contributed by atoms with Crippen molar-refractivity contribution in [3.8, 4) is 0 Å². The number of carbonyl (C=O) groups is 2. The maximum absolute atomic E-state index is 12.6. The lowest BCUT2D eigenvalue weighted by Crippen LogP contribution is -2.49. The number of ether oxygens (including phenoxy) is 1. The van der Waals surface area contributed by atoms with Crippen molar-refractivity contribution in [2.45, 2.75) is 31.0 Å². The van der Waals surface area contributed by atoms with Crippen molar-refractivity contribution in [3.63, 3.8) is 0 Å². The molecule has 1 unspecified atom stereocenters. The molecule has 0 aromatic heterocycles. The molecule has 4 atom stereocenters. The van der Waals surface area contributed by atoms with Gasteiger partial charge in [0.1, 0.15) is 6.61 Å². The molecule has 30 heavy (non-hydrogen) atoms. The lowest BCUT2D eigenvalue weighted by atomic mass is 9.76. The highest BCUT2D eigenvalue weighted by molar-refractivity contribution is 6.43. The van der Waals surface area contributed by atoms with Gasteiger partial charge in [-0.25, -0.2) is 4.79 Å². The number of hydrogen-bond acceptors (Lipinski definition) is 5. The second-order valence-corrected chi connectivity index (χ2v) is 7.58. The van der Waals surface area contributed by atoms with Gasteiger partial charge in [0.2, 0.25) is 5.91 Å². The van der Waals surface area contributed by atoms with Gasteiger partial charge in [-0.05, 0) is 48.4 Å². The number of rotatable bonds is 7. The van der Waals surface area contributed by atoms with E-state index in [4.69, 9.17) is 4.74 Å². The Balaban J connectivity index is 1.54. The fraction of sp³-hybridized carbons (Fsp3) is 0.474. The summed E-state index contributed by atoms with van der Waals surface area (Å²) in [6.07, 6.45) is -3.32. The van der Waals surface area contributed by atoms with E-state index in [9.17, 15) is 32.8 Å². The number of carbonyl (C=O) groups excluding carboxylic acids is 2. The van der Waals surface area contributed by atoms with E-state index in [1.807, 2.05) is 0 Å². The minimum Gasteiger partial charge on any atom is -0.447 e. The van der Waals surface area contributed by atoms with Gasteiger partial charge in [0.05, 0.1) is 17.5 Å². The zero-order valence-corrected chi connectivity index (χ0v) is 16.0. The van der Waals surface area contributed by atoms with Crippen LogP contribution in [0.4, 0.5) is 18.0 Å². The average Bonchev–Trinajstić information content (AvgIpc) is 3.36. The number of hydrogen-bond donors (Lipinski definition) is 3. The van der Waals surface area contributed by atoms with Crippen LogP contribution in [0.25, 0.3) is 0 Å². The first-order valence-electron chi connectivity index (χ1n) is 9.48. The lowest BCUT2D eigenvalue weighted by Gasteiger charge is -2.26. The summed E-state index contributed by atoms with van der Waals surface area (Å²) in [5.41, 5.74) is -0.450. The standard InChI is InChI=1S/C19H22BF3N2O5/c1-2-17(26)25-9-12-8-14(12)15(25)10-30-18(27)24-16(20(28)29)7-11-3-5-13(6-4-11)19(21,22)23/h2-6,12,14-16,28-29H,1,7-10H2,(H,24,27)/t12-,14-,15-,16?/m0/s1. The SMILES string of the molecule is C=CC(=O)N1C[C@@H]2C[C@@H]2[C@@H]1COC(=O)NC(Cc1ccc(C(F)(F)F)cc1)B(O)O. The van der Waals surface area contributed by atoms with Crippen LogP contribution in [0.1, 0.15) is 17.5 Å². The Morgan fingerprint density at radius 2 is 2.00 bits per heavy atom. The van der Waals surface area contributed by atoms with Crippen molar-refractivity contribution in [1.82, 2.24) is 10.2 Å². The molecule has 3 N–H and O–H groups in total. The number of benzene rings is 1. The number of halogens is 3. The van der Waals surface area contributed by atoms with Gasteiger partial charge in [0, 0.05) is 6.54 Å². The van der Waals surface area contributed by atoms with Crippen molar-refractivity contribution in [1.29, 1.82) is 0 Å². The second kappa shape index (κ2) is 8.69. The highest BCUT2D eigenvalue weighted by atomic mass is 19.4. The predicted octanol–water partition coefficient (Wildman–Crippen LogP) is 1.39. The molecular weight excluding hydrogens is 404 g/mol. The van der Waals surface area contributed by atoms with E-state index < -0.39 is 30.9 Å². The van der Waals surface area contributed by atoms with Crippen LogP contribution >= 0.6 is 0 Å². The predicted molar refractivity (Wildman–Crippen MR) is 101 cm³/mol. The highest BCUT2D eigenvalue weighted by Gasteiger charge is 2.53. The van der Waals surface area contributed by atoms with E-state index in [0.29, 0.717) is 18.0 Å². The summed E-state index contributed by atoms with van der Waals surface area (Å²) < 4.78 is 43.1. The molecule has 1 aliphatic heterocycles. The summed E-state index contributed by atoms with van der Waals surface area (Å²) in [6, 6.07) is 3.92. The first kappa shape index (κ1) is 22.2. The van der Waals surface area contributed by atoms with Crippen LogP contribution < -0.4 is 5.32 Å². The Labute approximate surface area is 171 Å². The van der Waals surface area contributed by atoms with Crippen LogP contribution in [0.2, 0.25) is 0 Å². The molecule has 2 fully saturated rings. The molecule has 1 saturated heterocycles. The summed E-state index contributed by atoms with van der Waals surface area (Å²) in [6.45, 7) is 4.02. The maximum Gasteiger partial charge on any atom is 0.475 e. The Hall–Kier alpha value is -2.53. The fourth-order valence-electron chi connectivity index (χ4n) is 3.82. The first-order chi connectivity index (χ1) is 14.1. The summed E-state index contributed by atoms with van der Waals surface area (Å²) >= 11 is 0. The smallest absolute Gasteiger partial charge is 0.447 e. The zero-order valence-electron chi connectivity index (χ0n) is 16.0. The fourth-order valence-corrected chi connectivity index (χ4v) is 3.82. The number of alkyl halides is 3. The van der Waals surface area contributed by atoms with E-state index in [1.165, 1.54) is 18.2 Å². The summed E-state index contributed by atoms with van der Waals surface area (Å²) in [5, 5.41) is 21.4. The second-order valence-electron chi connectivity index (χ2n) is 7.58. The maximum atomic E-state index is 12.6. The molecule has 2 amide bonds. The molecule has 1 saturated carbocycles. The third kappa shape index (κ3) is 5.14. The van der Waals surface area contributed by atoms with Gasteiger partial charge in [0.15, 0.2) is 0 Å². The van der Waals surface area contributed by atoms with Gasteiger partial charge in [-0.15, -0.1) is 0 Å². The van der Waals surface area contributed by atoms with E-state index in [-0.39, 0.29) is 30.9 Å². The van der Waals surface area contributed by atoms with Crippen molar-refractivity contribution in [2.75, 3.05) is 13.2 Å². The Morgan fingerprint density at radius 3 is 2.57 bits per heavy atom. The molecule has 0 radical (unpaired) electrons. The topological polar surface area (TPSA) is 99.1 Å². The van der Waals surface area contributed by atoms with Crippen molar-refractivity contribution in [2.24, 2.45) is 11.8 Å². The molecule has 1 aliphatic carbocycles. The molecule has 0 spiro atoms. The van der Waals surface area contributed by atoms with Gasteiger partial charge in [0.25, 0.3) is 0 Å². The molecule has 2 aliphatic rings. The minimum atomic E-state index is -4.47. The quantitative estimate of drug-likeness (QED) is 0.452. The molecular formula is C19H22BF3N2O5. The number of nitrogens with zero attached hydrogens (tertiary/aromatic N) is 1. The molecule has 1 aromatic rings. The van der Waals surface area contributed by atoms with E-state index >= 15 is 0 Å². The number of piperidine rings is 1. The van der Waals surface area contributed by atoms with E-state index in [2.05, 4.69) is 11.9 Å². The summed E-state index contributed by atoms with van der Waals surface area (Å²) in [5.74, 6) is -0.745. The summed E-state index contributed by atoms with van der Waals surface area (Å²) in [7, 11) is -1.95. The number of likely N-dealkylation sites (tertiary alicyclic amines) is 1. The van der Waals surface area contributed by atoms with Crippen LogP contribution in [0.3, 0.4) is 0 Å². The third-order valence-electron chi connectivity index (χ3n) is 5.55. The first-order valence-corrected chi connectivity index (χ1v) is 9.48. The Kier molecular flexibility index (Phi) is 6.42. The number of fused-ring (bicyclic) bond motifs is 1. The van der Waals surface area contributed by atoms with Crippen molar-refractivity contribution >= 4 is 19.1 Å². The molecule has 3 rings (SSSR count). The van der Waals surface area contributed by atoms with Crippen molar-refractivity contribution < 1.29 is 37.5 Å². The number of nitrogens with one attached hydrogen (secondary N) is 1. The molecule has 7 nitrogen and oxygen atoms in total. The van der Waals surface area contributed by atoms with Gasteiger partial charge in [-0.1, -0.05) is 18.7 Å². The van der Waals surface area contributed by atoms with Crippen LogP contribution in [-0.4, -0.2) is 59.2 Å². The Morgan fingerprint density at radius 1 is 1.33 bits per heavy atom. The number of amides is 2.